The molecule has 1 aromatic heterocycles. The predicted octanol–water partition coefficient (Wildman–Crippen LogP) is 2.58. The molecule has 2 aliphatic rings. The number of aromatic nitrogens is 2. The number of amides is 1. The number of hydrogen-bond acceptors (Lipinski definition) is 3. The lowest BCUT2D eigenvalue weighted by Crippen LogP contribution is -2.46. The third kappa shape index (κ3) is 3.76. The van der Waals surface area contributed by atoms with Crippen molar-refractivity contribution in [2.24, 2.45) is 13.0 Å². The minimum absolute atomic E-state index is 0.0870. The van der Waals surface area contributed by atoms with E-state index in [0.717, 1.165) is 29.8 Å². The van der Waals surface area contributed by atoms with Gasteiger partial charge in [0.05, 0.1) is 12.2 Å². The molecule has 1 atom stereocenters. The molecule has 2 heterocycles. The monoisotopic (exact) mass is 338 g/mol. The summed E-state index contributed by atoms with van der Waals surface area (Å²) in [5.41, 5.74) is 3.37. The Hall–Kier alpha value is -2.14. The molecule has 1 aliphatic carbocycles. The minimum atomic E-state index is 0.0870. The summed E-state index contributed by atoms with van der Waals surface area (Å²) in [5, 5.41) is 7.41. The van der Waals surface area contributed by atoms with Gasteiger partial charge in [0.25, 0.3) is 0 Å². The van der Waals surface area contributed by atoms with Crippen molar-refractivity contribution in [1.29, 1.82) is 0 Å². The summed E-state index contributed by atoms with van der Waals surface area (Å²) in [6, 6.07) is 8.42. The van der Waals surface area contributed by atoms with Crippen LogP contribution in [0.15, 0.2) is 36.7 Å². The van der Waals surface area contributed by atoms with E-state index < -0.39 is 0 Å². The molecule has 5 heteroatoms. The van der Waals surface area contributed by atoms with E-state index >= 15 is 0 Å². The summed E-state index contributed by atoms with van der Waals surface area (Å²) in [6.45, 7) is 2.74. The minimum Gasteiger partial charge on any atom is -0.351 e. The van der Waals surface area contributed by atoms with Crippen molar-refractivity contribution in [3.05, 3.63) is 42.2 Å². The molecule has 1 unspecified atom stereocenters. The van der Waals surface area contributed by atoms with Gasteiger partial charge in [-0.1, -0.05) is 18.2 Å². The largest absolute Gasteiger partial charge is 0.351 e. The molecule has 0 spiro atoms. The predicted molar refractivity (Wildman–Crippen MR) is 97.8 cm³/mol. The van der Waals surface area contributed by atoms with Crippen LogP contribution in [0.1, 0.15) is 31.2 Å². The van der Waals surface area contributed by atoms with Crippen LogP contribution in [-0.2, 0) is 18.4 Å². The van der Waals surface area contributed by atoms with Crippen LogP contribution in [0.4, 0.5) is 0 Å². The van der Waals surface area contributed by atoms with E-state index in [1.807, 2.05) is 25.5 Å². The van der Waals surface area contributed by atoms with E-state index in [9.17, 15) is 4.79 Å². The van der Waals surface area contributed by atoms with Crippen molar-refractivity contribution < 1.29 is 4.79 Å². The number of likely N-dealkylation sites (tertiary alicyclic amines) is 1. The fourth-order valence-electron chi connectivity index (χ4n) is 3.83. The Balaban J connectivity index is 1.41. The Morgan fingerprint density at radius 1 is 1.28 bits per heavy atom. The fourth-order valence-corrected chi connectivity index (χ4v) is 3.83. The molecule has 25 heavy (non-hydrogen) atoms. The van der Waals surface area contributed by atoms with Gasteiger partial charge in [-0.2, -0.15) is 5.10 Å². The second kappa shape index (κ2) is 7.00. The molecular formula is C20H26N4O. The highest BCUT2D eigenvalue weighted by molar-refractivity contribution is 5.82. The van der Waals surface area contributed by atoms with Gasteiger partial charge in [-0.3, -0.25) is 14.4 Å². The SMILES string of the molecule is Cn1cc(-c2cccc(CNC(=O)C(C3CC3)N3CCCC3)c2)cn1. The third-order valence-corrected chi connectivity index (χ3v) is 5.30. The number of hydrogen-bond donors (Lipinski definition) is 1. The van der Waals surface area contributed by atoms with Crippen LogP contribution in [0.3, 0.4) is 0 Å². The first-order chi connectivity index (χ1) is 12.2. The van der Waals surface area contributed by atoms with E-state index in [1.165, 1.54) is 25.7 Å². The number of nitrogens with one attached hydrogen (secondary N) is 1. The third-order valence-electron chi connectivity index (χ3n) is 5.30. The zero-order valence-electron chi connectivity index (χ0n) is 14.8. The maximum Gasteiger partial charge on any atom is 0.237 e. The molecule has 1 aromatic carbocycles. The average Bonchev–Trinajstić information content (AvgIpc) is 3.11. The summed E-state index contributed by atoms with van der Waals surface area (Å²) in [6.07, 6.45) is 8.73. The summed E-state index contributed by atoms with van der Waals surface area (Å²) >= 11 is 0. The van der Waals surface area contributed by atoms with Crippen molar-refractivity contribution >= 4 is 5.91 Å². The highest BCUT2D eigenvalue weighted by atomic mass is 16.2. The highest BCUT2D eigenvalue weighted by Crippen LogP contribution is 2.36. The quantitative estimate of drug-likeness (QED) is 0.881. The normalized spacial score (nSPS) is 19.1. The molecule has 2 aromatic rings. The molecule has 0 radical (unpaired) electrons. The van der Waals surface area contributed by atoms with Gasteiger partial charge in [0, 0.05) is 25.4 Å². The summed E-state index contributed by atoms with van der Waals surface area (Å²) in [7, 11) is 1.92. The Morgan fingerprint density at radius 2 is 2.08 bits per heavy atom. The highest BCUT2D eigenvalue weighted by Gasteiger charge is 2.40. The Morgan fingerprint density at radius 3 is 2.76 bits per heavy atom. The first kappa shape index (κ1) is 16.3. The Bertz CT molecular complexity index is 744. The smallest absolute Gasteiger partial charge is 0.237 e. The molecular weight excluding hydrogens is 312 g/mol. The number of aryl methyl sites for hydroxylation is 1. The number of nitrogens with zero attached hydrogens (tertiary/aromatic N) is 3. The number of carbonyl (C=O) groups excluding carboxylic acids is 1. The molecule has 0 bridgehead atoms. The molecule has 4 rings (SSSR count). The zero-order valence-corrected chi connectivity index (χ0v) is 14.8. The van der Waals surface area contributed by atoms with Gasteiger partial charge >= 0.3 is 0 Å². The van der Waals surface area contributed by atoms with E-state index in [0.29, 0.717) is 12.5 Å². The fraction of sp³-hybridized carbons (Fsp3) is 0.500. The van der Waals surface area contributed by atoms with E-state index in [-0.39, 0.29) is 11.9 Å². The van der Waals surface area contributed by atoms with Crippen molar-refractivity contribution in [1.82, 2.24) is 20.0 Å². The van der Waals surface area contributed by atoms with Crippen LogP contribution >= 0.6 is 0 Å². The van der Waals surface area contributed by atoms with Gasteiger partial charge in [-0.05, 0) is 61.9 Å². The first-order valence-electron chi connectivity index (χ1n) is 9.30. The van der Waals surface area contributed by atoms with Gasteiger partial charge in [0.1, 0.15) is 0 Å². The van der Waals surface area contributed by atoms with E-state index in [4.69, 9.17) is 0 Å². The van der Waals surface area contributed by atoms with Gasteiger partial charge in [-0.15, -0.1) is 0 Å². The van der Waals surface area contributed by atoms with Crippen molar-refractivity contribution in [2.45, 2.75) is 38.3 Å². The molecule has 1 amide bonds. The van der Waals surface area contributed by atoms with Gasteiger partial charge < -0.3 is 5.32 Å². The standard InChI is InChI=1S/C20H26N4O/c1-23-14-18(13-22-23)17-6-4-5-15(11-17)12-21-20(25)19(16-7-8-16)24-9-2-3-10-24/h4-6,11,13-14,16,19H,2-3,7-10,12H2,1H3,(H,21,25). The maximum atomic E-state index is 12.8. The van der Waals surface area contributed by atoms with Gasteiger partial charge in [0.2, 0.25) is 5.91 Å². The number of benzene rings is 1. The lowest BCUT2D eigenvalue weighted by Gasteiger charge is -2.26. The topological polar surface area (TPSA) is 50.2 Å². The van der Waals surface area contributed by atoms with Crippen LogP contribution in [-0.4, -0.2) is 39.7 Å². The molecule has 2 fully saturated rings. The summed E-state index contributed by atoms with van der Waals surface area (Å²) in [4.78, 5) is 15.2. The molecule has 1 saturated heterocycles. The lowest BCUT2D eigenvalue weighted by molar-refractivity contribution is -0.127. The average molecular weight is 338 g/mol. The second-order valence-electron chi connectivity index (χ2n) is 7.35. The Labute approximate surface area is 149 Å². The van der Waals surface area contributed by atoms with Crippen molar-refractivity contribution in [3.8, 4) is 11.1 Å². The van der Waals surface area contributed by atoms with Crippen molar-refractivity contribution in [3.63, 3.8) is 0 Å². The number of carbonyl (C=O) groups is 1. The Kier molecular flexibility index (Phi) is 4.57. The number of rotatable bonds is 6. The van der Waals surface area contributed by atoms with Crippen molar-refractivity contribution in [2.75, 3.05) is 13.1 Å². The molecule has 1 N–H and O–H groups in total. The second-order valence-corrected chi connectivity index (χ2v) is 7.35. The van der Waals surface area contributed by atoms with E-state index in [2.05, 4.69) is 33.5 Å². The van der Waals surface area contributed by atoms with Gasteiger partial charge in [-0.25, -0.2) is 0 Å². The molecule has 1 aliphatic heterocycles. The summed E-state index contributed by atoms with van der Waals surface area (Å²) < 4.78 is 1.81. The maximum absolute atomic E-state index is 12.8. The van der Waals surface area contributed by atoms with Crippen LogP contribution in [0.25, 0.3) is 11.1 Å². The van der Waals surface area contributed by atoms with Crippen LogP contribution < -0.4 is 5.32 Å². The lowest BCUT2D eigenvalue weighted by atomic mass is 10.1. The van der Waals surface area contributed by atoms with Crippen LogP contribution in [0.2, 0.25) is 0 Å². The summed E-state index contributed by atoms with van der Waals surface area (Å²) in [5.74, 6) is 0.774. The molecule has 132 valence electrons. The van der Waals surface area contributed by atoms with Gasteiger partial charge in [0.15, 0.2) is 0 Å². The first-order valence-corrected chi connectivity index (χ1v) is 9.30. The zero-order chi connectivity index (χ0) is 17.2. The van der Waals surface area contributed by atoms with Crippen LogP contribution in [0, 0.1) is 5.92 Å². The molecule has 5 nitrogen and oxygen atoms in total. The molecule has 1 saturated carbocycles. The van der Waals surface area contributed by atoms with E-state index in [1.54, 1.807) is 4.68 Å². The van der Waals surface area contributed by atoms with Crippen LogP contribution in [0.5, 0.6) is 0 Å².